The normalized spacial score (nSPS) is 11.9. The Labute approximate surface area is 177 Å². The Morgan fingerprint density at radius 1 is 1.07 bits per heavy atom. The molecule has 1 unspecified atom stereocenters. The maximum atomic E-state index is 12.7. The van der Waals surface area contributed by atoms with Crippen molar-refractivity contribution in [3.05, 3.63) is 93.5 Å². The minimum Gasteiger partial charge on any atom is -0.421 e. The molecule has 7 heteroatoms. The number of aryl methyl sites for hydroxylation is 1. The average molecular weight is 424 g/mol. The topological polar surface area (TPSA) is 68.0 Å². The molecule has 1 amide bonds. The lowest BCUT2D eigenvalue weighted by molar-refractivity contribution is -0.121. The van der Waals surface area contributed by atoms with Crippen LogP contribution in [0.3, 0.4) is 0 Å². The third-order valence-electron chi connectivity index (χ3n) is 4.42. The molecule has 4 aromatic rings. The largest absolute Gasteiger partial charge is 0.421 e. The number of benzene rings is 2. The number of rotatable bonds is 7. The number of carbonyl (C=O) groups excluding carboxylic acids is 1. The molecule has 2 aromatic heterocycles. The Kier molecular flexibility index (Phi) is 6.03. The molecular formula is C22H18ClN3O2S. The van der Waals surface area contributed by atoms with Gasteiger partial charge >= 0.3 is 0 Å². The molecule has 0 radical (unpaired) electrons. The average Bonchev–Trinajstić information content (AvgIpc) is 3.43. The van der Waals surface area contributed by atoms with Crippen LogP contribution >= 0.6 is 22.9 Å². The second-order valence-corrected chi connectivity index (χ2v) is 7.70. The number of nitrogens with one attached hydrogen (secondary N) is 1. The molecule has 1 N–H and O–H groups in total. The predicted octanol–water partition coefficient (Wildman–Crippen LogP) is 5.29. The molecular weight excluding hydrogens is 406 g/mol. The van der Waals surface area contributed by atoms with Crippen LogP contribution in [0.4, 0.5) is 0 Å². The first-order valence-corrected chi connectivity index (χ1v) is 10.5. The predicted molar refractivity (Wildman–Crippen MR) is 114 cm³/mol. The molecule has 146 valence electrons. The van der Waals surface area contributed by atoms with Crippen molar-refractivity contribution in [2.45, 2.75) is 18.9 Å². The number of hydrogen-bond acceptors (Lipinski definition) is 5. The van der Waals surface area contributed by atoms with Crippen molar-refractivity contribution in [1.29, 1.82) is 0 Å². The molecule has 4 rings (SSSR count). The summed E-state index contributed by atoms with van der Waals surface area (Å²) in [6.07, 6.45) is 0.620. The fraction of sp³-hybridized carbons (Fsp3) is 0.136. The monoisotopic (exact) mass is 423 g/mol. The Morgan fingerprint density at radius 2 is 1.90 bits per heavy atom. The highest BCUT2D eigenvalue weighted by atomic mass is 35.5. The van der Waals surface area contributed by atoms with Gasteiger partial charge in [-0.3, -0.25) is 4.79 Å². The van der Waals surface area contributed by atoms with E-state index in [0.717, 1.165) is 16.7 Å². The Morgan fingerprint density at radius 3 is 2.66 bits per heavy atom. The van der Waals surface area contributed by atoms with Crippen LogP contribution in [0.2, 0.25) is 5.02 Å². The van der Waals surface area contributed by atoms with Gasteiger partial charge in [-0.15, -0.1) is 10.2 Å². The second-order valence-electron chi connectivity index (χ2n) is 6.48. The third kappa shape index (κ3) is 4.91. The molecule has 0 saturated carbocycles. The third-order valence-corrected chi connectivity index (χ3v) is 5.34. The maximum Gasteiger partial charge on any atom is 0.248 e. The summed E-state index contributed by atoms with van der Waals surface area (Å²) < 4.78 is 5.66. The molecule has 0 fully saturated rings. The highest BCUT2D eigenvalue weighted by molar-refractivity contribution is 7.08. The van der Waals surface area contributed by atoms with Gasteiger partial charge in [0, 0.05) is 28.8 Å². The number of halogens is 1. The van der Waals surface area contributed by atoms with Crippen molar-refractivity contribution in [1.82, 2.24) is 15.5 Å². The van der Waals surface area contributed by atoms with Crippen LogP contribution in [0.25, 0.3) is 11.5 Å². The Hall–Kier alpha value is -2.96. The van der Waals surface area contributed by atoms with Crippen molar-refractivity contribution in [3.63, 3.8) is 0 Å². The molecule has 1 atom stereocenters. The van der Waals surface area contributed by atoms with E-state index in [9.17, 15) is 4.79 Å². The van der Waals surface area contributed by atoms with E-state index in [2.05, 4.69) is 15.5 Å². The van der Waals surface area contributed by atoms with Gasteiger partial charge in [0.15, 0.2) is 0 Å². The fourth-order valence-electron chi connectivity index (χ4n) is 3.00. The standard InChI is InChI=1S/C22H18ClN3O2S/c23-18-8-4-7-16(13-18)21(15-5-2-1-3-6-15)24-19(27)9-10-20-25-26-22(28-20)17-11-12-29-14-17/h1-8,11-14,21H,9-10H2,(H,24,27). The molecule has 0 aliphatic rings. The first-order chi connectivity index (χ1) is 14.2. The first kappa shape index (κ1) is 19.4. The lowest BCUT2D eigenvalue weighted by atomic mass is 9.98. The van der Waals surface area contributed by atoms with Gasteiger partial charge in [0.2, 0.25) is 17.7 Å². The molecule has 0 aliphatic carbocycles. The van der Waals surface area contributed by atoms with Crippen molar-refractivity contribution < 1.29 is 9.21 Å². The van der Waals surface area contributed by atoms with Gasteiger partial charge in [-0.2, -0.15) is 11.3 Å². The smallest absolute Gasteiger partial charge is 0.248 e. The molecule has 29 heavy (non-hydrogen) atoms. The first-order valence-electron chi connectivity index (χ1n) is 9.14. The number of carbonyl (C=O) groups is 1. The Bertz CT molecular complexity index is 1080. The number of aromatic nitrogens is 2. The summed E-state index contributed by atoms with van der Waals surface area (Å²) in [5.74, 6) is 0.817. The quantitative estimate of drug-likeness (QED) is 0.438. The maximum absolute atomic E-state index is 12.7. The van der Waals surface area contributed by atoms with Crippen LogP contribution in [0.15, 0.2) is 75.8 Å². The van der Waals surface area contributed by atoms with Crippen molar-refractivity contribution in [2.75, 3.05) is 0 Å². The summed E-state index contributed by atoms with van der Waals surface area (Å²) in [5.41, 5.74) is 2.80. The summed E-state index contributed by atoms with van der Waals surface area (Å²) in [5, 5.41) is 15.7. The fourth-order valence-corrected chi connectivity index (χ4v) is 3.83. The molecule has 0 spiro atoms. The lowest BCUT2D eigenvalue weighted by Crippen LogP contribution is -2.29. The highest BCUT2D eigenvalue weighted by Gasteiger charge is 2.18. The van der Waals surface area contributed by atoms with Gasteiger partial charge < -0.3 is 9.73 Å². The summed E-state index contributed by atoms with van der Waals surface area (Å²) >= 11 is 7.72. The van der Waals surface area contributed by atoms with E-state index in [1.54, 1.807) is 11.3 Å². The van der Waals surface area contributed by atoms with Crippen LogP contribution in [0, 0.1) is 0 Å². The summed E-state index contributed by atoms with van der Waals surface area (Å²) in [6.45, 7) is 0. The zero-order chi connectivity index (χ0) is 20.1. The number of thiophene rings is 1. The minimum absolute atomic E-state index is 0.103. The summed E-state index contributed by atoms with van der Waals surface area (Å²) in [7, 11) is 0. The molecule has 2 heterocycles. The number of hydrogen-bond donors (Lipinski definition) is 1. The van der Waals surface area contributed by atoms with Gasteiger partial charge in [0.1, 0.15) is 0 Å². The van der Waals surface area contributed by atoms with Crippen LogP contribution in [-0.4, -0.2) is 16.1 Å². The van der Waals surface area contributed by atoms with E-state index in [1.165, 1.54) is 0 Å². The molecule has 5 nitrogen and oxygen atoms in total. The highest BCUT2D eigenvalue weighted by Crippen LogP contribution is 2.25. The van der Waals surface area contributed by atoms with Gasteiger partial charge in [-0.1, -0.05) is 54.1 Å². The second kappa shape index (κ2) is 9.03. The van der Waals surface area contributed by atoms with Gasteiger partial charge in [-0.05, 0) is 34.7 Å². The van der Waals surface area contributed by atoms with Crippen LogP contribution < -0.4 is 5.32 Å². The molecule has 0 aliphatic heterocycles. The number of amides is 1. The van der Waals surface area contributed by atoms with E-state index in [0.29, 0.717) is 23.2 Å². The van der Waals surface area contributed by atoms with Gasteiger partial charge in [0.05, 0.1) is 6.04 Å². The lowest BCUT2D eigenvalue weighted by Gasteiger charge is -2.20. The van der Waals surface area contributed by atoms with Gasteiger partial charge in [-0.25, -0.2) is 0 Å². The summed E-state index contributed by atoms with van der Waals surface area (Å²) in [4.78, 5) is 12.7. The van der Waals surface area contributed by atoms with E-state index >= 15 is 0 Å². The van der Waals surface area contributed by atoms with Gasteiger partial charge in [0.25, 0.3) is 0 Å². The SMILES string of the molecule is O=C(CCc1nnc(-c2ccsc2)o1)NC(c1ccccc1)c1cccc(Cl)c1. The molecule has 2 aromatic carbocycles. The Balaban J connectivity index is 1.44. The van der Waals surface area contributed by atoms with Crippen LogP contribution in [0.5, 0.6) is 0 Å². The molecule has 0 saturated heterocycles. The van der Waals surface area contributed by atoms with E-state index in [-0.39, 0.29) is 18.4 Å². The van der Waals surface area contributed by atoms with Crippen LogP contribution in [0.1, 0.15) is 29.5 Å². The van der Waals surface area contributed by atoms with E-state index in [1.807, 2.05) is 71.4 Å². The van der Waals surface area contributed by atoms with Crippen molar-refractivity contribution >= 4 is 28.8 Å². The van der Waals surface area contributed by atoms with Crippen molar-refractivity contribution in [3.8, 4) is 11.5 Å². The molecule has 0 bridgehead atoms. The van der Waals surface area contributed by atoms with E-state index < -0.39 is 0 Å². The number of nitrogens with zero attached hydrogens (tertiary/aromatic N) is 2. The van der Waals surface area contributed by atoms with E-state index in [4.69, 9.17) is 16.0 Å². The zero-order valence-electron chi connectivity index (χ0n) is 15.4. The zero-order valence-corrected chi connectivity index (χ0v) is 17.0. The minimum atomic E-state index is -0.286. The van der Waals surface area contributed by atoms with Crippen molar-refractivity contribution in [2.24, 2.45) is 0 Å². The summed E-state index contributed by atoms with van der Waals surface area (Å²) in [6, 6.07) is 19.0. The van der Waals surface area contributed by atoms with Crippen LogP contribution in [-0.2, 0) is 11.2 Å².